The van der Waals surface area contributed by atoms with Gasteiger partial charge in [-0.25, -0.2) is 4.98 Å². The Morgan fingerprint density at radius 2 is 1.75 bits per heavy atom. The number of nitrogens with one attached hydrogen (secondary N) is 3. The van der Waals surface area contributed by atoms with E-state index in [1.165, 1.54) is 22.7 Å². The maximum atomic E-state index is 13.2. The molecule has 0 bridgehead atoms. The van der Waals surface area contributed by atoms with Crippen molar-refractivity contribution < 1.29 is 24.3 Å². The molecule has 4 N–H and O–H groups in total. The Morgan fingerprint density at radius 3 is 2.39 bits per heavy atom. The van der Waals surface area contributed by atoms with Gasteiger partial charge in [0.2, 0.25) is 17.6 Å². The summed E-state index contributed by atoms with van der Waals surface area (Å²) in [5, 5.41) is 20.2. The van der Waals surface area contributed by atoms with Gasteiger partial charge in [0.15, 0.2) is 5.01 Å². The molecule has 1 unspecified atom stereocenters. The number of carbonyl (C=O) groups excluding carboxylic acids is 3. The zero-order chi connectivity index (χ0) is 25.9. The first kappa shape index (κ1) is 28.2. The Hall–Kier alpha value is -2.37. The van der Waals surface area contributed by atoms with Crippen LogP contribution in [0.3, 0.4) is 0 Å². The van der Waals surface area contributed by atoms with Gasteiger partial charge in [0.05, 0.1) is 25.2 Å². The number of likely N-dealkylation sites (N-methyl/N-ethyl adjacent to an activating group) is 1. The molecule has 0 spiro atoms. The number of aromatic nitrogens is 1. The van der Waals surface area contributed by atoms with Crippen LogP contribution < -0.4 is 16.0 Å². The third-order valence-corrected chi connectivity index (χ3v) is 7.96. The summed E-state index contributed by atoms with van der Waals surface area (Å²) in [4.78, 5) is 55.8. The Kier molecular flexibility index (Phi) is 11.3. The van der Waals surface area contributed by atoms with E-state index in [0.29, 0.717) is 29.7 Å². The smallest absolute Gasteiger partial charge is 0.317 e. The van der Waals surface area contributed by atoms with Gasteiger partial charge in [-0.1, -0.05) is 32.1 Å². The molecule has 2 fully saturated rings. The van der Waals surface area contributed by atoms with Crippen LogP contribution in [0.25, 0.3) is 0 Å². The topological polar surface area (TPSA) is 141 Å². The lowest BCUT2D eigenvalue weighted by atomic mass is 9.84. The van der Waals surface area contributed by atoms with Gasteiger partial charge in [-0.05, 0) is 50.6 Å². The third kappa shape index (κ3) is 8.94. The number of Topliss-reactive ketones (excluding diaryl/α,β-unsaturated/α-hetero) is 1. The highest BCUT2D eigenvalue weighted by Gasteiger charge is 2.31. The second-order valence-corrected chi connectivity index (χ2v) is 10.9. The minimum atomic E-state index is -1.03. The number of thiazole rings is 1. The van der Waals surface area contributed by atoms with E-state index in [-0.39, 0.29) is 24.8 Å². The van der Waals surface area contributed by atoms with Crippen LogP contribution in [0.4, 0.5) is 0 Å². The average Bonchev–Trinajstić information content (AvgIpc) is 3.41. The van der Waals surface area contributed by atoms with Gasteiger partial charge in [0.1, 0.15) is 0 Å². The molecule has 1 aromatic heterocycles. The molecule has 1 saturated heterocycles. The molecule has 11 heteroatoms. The summed E-state index contributed by atoms with van der Waals surface area (Å²) in [6.07, 6.45) is 10.0. The van der Waals surface area contributed by atoms with E-state index >= 15 is 0 Å². The fourth-order valence-electron chi connectivity index (χ4n) is 5.21. The Bertz CT molecular complexity index is 868. The van der Waals surface area contributed by atoms with Crippen molar-refractivity contribution in [2.75, 3.05) is 33.2 Å². The second-order valence-electron chi connectivity index (χ2n) is 10.0. The molecule has 10 nitrogen and oxygen atoms in total. The highest BCUT2D eigenvalue weighted by Crippen LogP contribution is 2.27. The minimum Gasteiger partial charge on any atom is -0.480 e. The van der Waals surface area contributed by atoms with Crippen molar-refractivity contribution in [3.63, 3.8) is 0 Å². The lowest BCUT2D eigenvalue weighted by molar-refractivity contribution is -0.139. The van der Waals surface area contributed by atoms with Gasteiger partial charge < -0.3 is 20.6 Å². The molecule has 200 valence electrons. The molecule has 1 saturated carbocycles. The molecule has 0 aromatic carbocycles. The molecule has 1 aliphatic carbocycles. The number of carbonyl (C=O) groups is 4. The summed E-state index contributed by atoms with van der Waals surface area (Å²) in [5.74, 6) is -1.27. The first-order chi connectivity index (χ1) is 17.3. The fourth-order valence-corrected chi connectivity index (χ4v) is 5.84. The molecule has 1 aromatic rings. The number of hydrogen-bond acceptors (Lipinski definition) is 8. The molecule has 36 heavy (non-hydrogen) atoms. The van der Waals surface area contributed by atoms with Crippen LogP contribution >= 0.6 is 11.3 Å². The van der Waals surface area contributed by atoms with Crippen LogP contribution in [-0.2, 0) is 14.4 Å². The number of ketones is 1. The Balaban J connectivity index is 1.61. The molecular formula is C25H39N5O5S. The maximum absolute atomic E-state index is 13.2. The average molecular weight is 522 g/mol. The summed E-state index contributed by atoms with van der Waals surface area (Å²) >= 11 is 1.25. The minimum absolute atomic E-state index is 0.204. The van der Waals surface area contributed by atoms with E-state index in [9.17, 15) is 19.2 Å². The van der Waals surface area contributed by atoms with Crippen LogP contribution in [0.2, 0.25) is 0 Å². The largest absolute Gasteiger partial charge is 0.480 e. The highest BCUT2D eigenvalue weighted by molar-refractivity contribution is 7.11. The quantitative estimate of drug-likeness (QED) is 0.287. The van der Waals surface area contributed by atoms with Crippen LogP contribution in [0.1, 0.15) is 67.6 Å². The van der Waals surface area contributed by atoms with E-state index in [2.05, 4.69) is 20.9 Å². The Morgan fingerprint density at radius 1 is 1.08 bits per heavy atom. The van der Waals surface area contributed by atoms with Crippen molar-refractivity contribution in [2.24, 2.45) is 11.8 Å². The summed E-state index contributed by atoms with van der Waals surface area (Å²) in [6, 6.07) is -1.36. The van der Waals surface area contributed by atoms with E-state index in [0.717, 1.165) is 51.6 Å². The van der Waals surface area contributed by atoms with Crippen molar-refractivity contribution in [1.29, 1.82) is 0 Å². The number of carboxylic acids is 1. The molecule has 0 radical (unpaired) electrons. The summed E-state index contributed by atoms with van der Waals surface area (Å²) in [7, 11) is 1.54. The van der Waals surface area contributed by atoms with Gasteiger partial charge in [-0.2, -0.15) is 0 Å². The van der Waals surface area contributed by atoms with E-state index in [1.54, 1.807) is 18.6 Å². The number of rotatable bonds is 13. The zero-order valence-electron chi connectivity index (χ0n) is 21.0. The molecule has 3 rings (SSSR count). The van der Waals surface area contributed by atoms with Gasteiger partial charge >= 0.3 is 5.97 Å². The van der Waals surface area contributed by atoms with Gasteiger partial charge in [-0.3, -0.25) is 24.5 Å². The van der Waals surface area contributed by atoms with Crippen molar-refractivity contribution in [3.05, 3.63) is 16.6 Å². The fraction of sp³-hybridized carbons (Fsp3) is 0.720. The zero-order valence-corrected chi connectivity index (χ0v) is 21.9. The predicted octanol–water partition coefficient (Wildman–Crippen LogP) is 1.67. The number of aliphatic carboxylic acids is 1. The molecule has 2 aliphatic rings. The van der Waals surface area contributed by atoms with Crippen LogP contribution in [0.15, 0.2) is 11.6 Å². The lowest BCUT2D eigenvalue weighted by Crippen LogP contribution is -2.51. The first-order valence-corrected chi connectivity index (χ1v) is 13.9. The van der Waals surface area contributed by atoms with Gasteiger partial charge in [0.25, 0.3) is 0 Å². The third-order valence-electron chi connectivity index (χ3n) is 7.17. The van der Waals surface area contributed by atoms with Crippen LogP contribution in [0.5, 0.6) is 0 Å². The highest BCUT2D eigenvalue weighted by atomic mass is 32.1. The molecule has 2 amide bonds. The first-order valence-electron chi connectivity index (χ1n) is 13.0. The normalized spacial score (nSPS) is 18.8. The predicted molar refractivity (Wildman–Crippen MR) is 137 cm³/mol. The molecule has 1 aliphatic heterocycles. The number of amides is 2. The van der Waals surface area contributed by atoms with Crippen molar-refractivity contribution in [2.45, 2.75) is 69.9 Å². The SMILES string of the molecule is CN(CC(=O)NC(CC1CCNCC1)C(=O)c1nccs1)C(=O)[C@@H](CC1CCCCC1)NCC(=O)O. The monoisotopic (exact) mass is 521 g/mol. The van der Waals surface area contributed by atoms with Gasteiger partial charge in [0, 0.05) is 18.6 Å². The van der Waals surface area contributed by atoms with E-state index in [4.69, 9.17) is 5.11 Å². The van der Waals surface area contributed by atoms with Crippen LogP contribution in [-0.4, -0.2) is 83.9 Å². The number of hydrogen-bond donors (Lipinski definition) is 4. The van der Waals surface area contributed by atoms with Gasteiger partial charge in [-0.15, -0.1) is 11.3 Å². The number of nitrogens with zero attached hydrogens (tertiary/aromatic N) is 2. The number of piperidine rings is 1. The van der Waals surface area contributed by atoms with Crippen molar-refractivity contribution in [1.82, 2.24) is 25.8 Å². The summed E-state index contributed by atoms with van der Waals surface area (Å²) in [5.41, 5.74) is 0. The van der Waals surface area contributed by atoms with Crippen LogP contribution in [0, 0.1) is 11.8 Å². The Labute approximate surface area is 216 Å². The summed E-state index contributed by atoms with van der Waals surface area (Å²) in [6.45, 7) is 1.26. The van der Waals surface area contributed by atoms with E-state index in [1.807, 2.05) is 0 Å². The van der Waals surface area contributed by atoms with Crippen molar-refractivity contribution >= 4 is 34.9 Å². The molecular weight excluding hydrogens is 482 g/mol. The summed E-state index contributed by atoms with van der Waals surface area (Å²) < 4.78 is 0. The van der Waals surface area contributed by atoms with Crippen molar-refractivity contribution in [3.8, 4) is 0 Å². The second kappa shape index (κ2) is 14.4. The van der Waals surface area contributed by atoms with E-state index < -0.39 is 24.0 Å². The standard InChI is InChI=1S/C25H39N5O5S/c1-30(25(35)20(28-15-22(32)33)14-17-5-3-2-4-6-17)16-21(31)29-19(13-18-7-9-26-10-8-18)23(34)24-27-11-12-36-24/h11-12,17-20,26,28H,2-10,13-16H2,1H3,(H,29,31)(H,32,33)/t19?,20-/m1/s1. The molecule has 2 heterocycles. The lowest BCUT2D eigenvalue weighted by Gasteiger charge is -2.30. The maximum Gasteiger partial charge on any atom is 0.317 e. The molecule has 2 atom stereocenters. The number of carboxylic acid groups (broad SMARTS) is 1.